The Labute approximate surface area is 88.6 Å². The highest BCUT2D eigenvalue weighted by Gasteiger charge is 2.11. The number of nitrogens with two attached hydrogens (primary N) is 1. The highest BCUT2D eigenvalue weighted by molar-refractivity contribution is 7.98. The Morgan fingerprint density at radius 1 is 1.38 bits per heavy atom. The van der Waals surface area contributed by atoms with Crippen LogP contribution >= 0.6 is 23.5 Å². The van der Waals surface area contributed by atoms with Crippen LogP contribution in [0.3, 0.4) is 0 Å². The van der Waals surface area contributed by atoms with Gasteiger partial charge in [-0.25, -0.2) is 0 Å². The summed E-state index contributed by atoms with van der Waals surface area (Å²) in [5.74, 6) is 1.86. The van der Waals surface area contributed by atoms with E-state index in [0.717, 1.165) is 17.9 Å². The fourth-order valence-electron chi connectivity index (χ4n) is 0.783. The van der Waals surface area contributed by atoms with Crippen LogP contribution in [0.1, 0.15) is 6.42 Å². The topological polar surface area (TPSA) is 55.1 Å². The molecule has 0 heterocycles. The molecule has 0 bridgehead atoms. The minimum absolute atomic E-state index is 0.0249. The van der Waals surface area contributed by atoms with Crippen LogP contribution in [0.25, 0.3) is 0 Å². The Balaban J connectivity index is 3.45. The van der Waals surface area contributed by atoms with E-state index in [9.17, 15) is 4.79 Å². The van der Waals surface area contributed by atoms with Gasteiger partial charge in [-0.2, -0.15) is 23.5 Å². The number of rotatable bonds is 7. The summed E-state index contributed by atoms with van der Waals surface area (Å²) >= 11 is 3.43. The van der Waals surface area contributed by atoms with E-state index in [1.54, 1.807) is 23.5 Å². The van der Waals surface area contributed by atoms with Crippen LogP contribution in [0.15, 0.2) is 0 Å². The van der Waals surface area contributed by atoms with E-state index in [4.69, 9.17) is 5.73 Å². The molecule has 0 aromatic carbocycles. The summed E-state index contributed by atoms with van der Waals surface area (Å²) in [6, 6.07) is -0.339. The lowest BCUT2D eigenvalue weighted by atomic mass is 10.2. The lowest BCUT2D eigenvalue weighted by Crippen LogP contribution is -2.41. The zero-order valence-electron chi connectivity index (χ0n) is 8.21. The number of nitrogens with one attached hydrogen (secondary N) is 1. The van der Waals surface area contributed by atoms with Crippen molar-refractivity contribution in [3.05, 3.63) is 0 Å². The molecule has 0 aromatic heterocycles. The van der Waals surface area contributed by atoms with Gasteiger partial charge in [0.15, 0.2) is 0 Å². The van der Waals surface area contributed by atoms with Gasteiger partial charge in [-0.15, -0.1) is 0 Å². The summed E-state index contributed by atoms with van der Waals surface area (Å²) in [7, 11) is 0. The molecule has 1 amide bonds. The van der Waals surface area contributed by atoms with E-state index in [-0.39, 0.29) is 11.9 Å². The summed E-state index contributed by atoms with van der Waals surface area (Å²) in [5.41, 5.74) is 5.65. The molecule has 0 aromatic rings. The smallest absolute Gasteiger partial charge is 0.236 e. The first-order chi connectivity index (χ1) is 6.22. The van der Waals surface area contributed by atoms with E-state index in [2.05, 4.69) is 5.32 Å². The lowest BCUT2D eigenvalue weighted by molar-refractivity contribution is -0.122. The minimum atomic E-state index is -0.339. The molecule has 0 aliphatic carbocycles. The van der Waals surface area contributed by atoms with Crippen molar-refractivity contribution in [1.82, 2.24) is 5.32 Å². The molecule has 3 N–H and O–H groups in total. The SMILES string of the molecule is CSCCNC(=O)[C@H](N)CCSC. The highest BCUT2D eigenvalue weighted by atomic mass is 32.2. The van der Waals surface area contributed by atoms with Crippen LogP contribution in [-0.4, -0.2) is 42.5 Å². The second-order valence-corrected chi connectivity index (χ2v) is 4.64. The molecule has 0 radical (unpaired) electrons. The van der Waals surface area contributed by atoms with Crippen molar-refractivity contribution in [2.45, 2.75) is 12.5 Å². The highest BCUT2D eigenvalue weighted by Crippen LogP contribution is 1.98. The van der Waals surface area contributed by atoms with Gasteiger partial charge in [0.2, 0.25) is 5.91 Å². The average Bonchev–Trinajstić information content (AvgIpc) is 2.14. The zero-order chi connectivity index (χ0) is 10.1. The molecule has 5 heteroatoms. The second-order valence-electron chi connectivity index (χ2n) is 2.67. The molecule has 3 nitrogen and oxygen atoms in total. The zero-order valence-corrected chi connectivity index (χ0v) is 9.84. The molecule has 78 valence electrons. The van der Waals surface area contributed by atoms with Gasteiger partial charge in [-0.3, -0.25) is 4.79 Å². The lowest BCUT2D eigenvalue weighted by Gasteiger charge is -2.10. The number of carbonyl (C=O) groups is 1. The van der Waals surface area contributed by atoms with Gasteiger partial charge in [0, 0.05) is 12.3 Å². The molecule has 0 spiro atoms. The van der Waals surface area contributed by atoms with Crippen molar-refractivity contribution in [3.63, 3.8) is 0 Å². The molecule has 0 saturated heterocycles. The molecule has 1 atom stereocenters. The number of hydrogen-bond donors (Lipinski definition) is 2. The molecule has 13 heavy (non-hydrogen) atoms. The largest absolute Gasteiger partial charge is 0.354 e. The fourth-order valence-corrected chi connectivity index (χ4v) is 1.58. The molecule has 0 saturated carbocycles. The maximum atomic E-state index is 11.3. The molecular weight excluding hydrogens is 204 g/mol. The van der Waals surface area contributed by atoms with Crippen molar-refractivity contribution in [2.75, 3.05) is 30.6 Å². The number of hydrogen-bond acceptors (Lipinski definition) is 4. The van der Waals surface area contributed by atoms with E-state index in [1.165, 1.54) is 0 Å². The maximum absolute atomic E-state index is 11.3. The maximum Gasteiger partial charge on any atom is 0.236 e. The van der Waals surface area contributed by atoms with Crippen molar-refractivity contribution in [3.8, 4) is 0 Å². The monoisotopic (exact) mass is 222 g/mol. The summed E-state index contributed by atoms with van der Waals surface area (Å²) in [6.07, 6.45) is 4.78. The average molecular weight is 222 g/mol. The van der Waals surface area contributed by atoms with Crippen LogP contribution in [0.2, 0.25) is 0 Å². The van der Waals surface area contributed by atoms with Crippen LogP contribution in [0, 0.1) is 0 Å². The number of thioether (sulfide) groups is 2. The summed E-state index contributed by atoms with van der Waals surface area (Å²) in [5, 5.41) is 2.80. The molecule has 0 aliphatic heterocycles. The van der Waals surface area contributed by atoms with Gasteiger partial charge in [0.25, 0.3) is 0 Å². The predicted octanol–water partition coefficient (Wildman–Crippen LogP) is 0.546. The summed E-state index contributed by atoms with van der Waals surface area (Å²) in [4.78, 5) is 11.3. The first kappa shape index (κ1) is 13.1. The van der Waals surface area contributed by atoms with Crippen molar-refractivity contribution < 1.29 is 4.79 Å². The molecular formula is C8H18N2OS2. The van der Waals surface area contributed by atoms with Gasteiger partial charge in [-0.1, -0.05) is 0 Å². The van der Waals surface area contributed by atoms with Crippen molar-refractivity contribution in [1.29, 1.82) is 0 Å². The molecule has 0 rings (SSSR count). The summed E-state index contributed by atoms with van der Waals surface area (Å²) in [6.45, 7) is 0.715. The first-order valence-corrected chi connectivity index (χ1v) is 7.02. The van der Waals surface area contributed by atoms with Crippen molar-refractivity contribution in [2.24, 2.45) is 5.73 Å². The Morgan fingerprint density at radius 3 is 2.54 bits per heavy atom. The van der Waals surface area contributed by atoms with Crippen LogP contribution in [0.4, 0.5) is 0 Å². The second kappa shape index (κ2) is 8.72. The minimum Gasteiger partial charge on any atom is -0.354 e. The van der Waals surface area contributed by atoms with Crippen LogP contribution in [0.5, 0.6) is 0 Å². The van der Waals surface area contributed by atoms with Gasteiger partial charge in [0.1, 0.15) is 0 Å². The van der Waals surface area contributed by atoms with Gasteiger partial charge < -0.3 is 11.1 Å². The Kier molecular flexibility index (Phi) is 8.80. The Bertz CT molecular complexity index is 144. The van der Waals surface area contributed by atoms with E-state index in [0.29, 0.717) is 6.54 Å². The molecule has 0 fully saturated rings. The third-order valence-corrected chi connectivity index (χ3v) is 2.83. The normalized spacial score (nSPS) is 12.5. The van der Waals surface area contributed by atoms with Crippen molar-refractivity contribution >= 4 is 29.4 Å². The molecule has 0 aliphatic rings. The quantitative estimate of drug-likeness (QED) is 0.618. The molecule has 0 unspecified atom stereocenters. The van der Waals surface area contributed by atoms with E-state index in [1.807, 2.05) is 12.5 Å². The summed E-state index contributed by atoms with van der Waals surface area (Å²) < 4.78 is 0. The number of amides is 1. The van der Waals surface area contributed by atoms with Crippen LogP contribution in [-0.2, 0) is 4.79 Å². The fraction of sp³-hybridized carbons (Fsp3) is 0.875. The predicted molar refractivity (Wildman–Crippen MR) is 62.4 cm³/mol. The first-order valence-electron chi connectivity index (χ1n) is 4.23. The standard InChI is InChI=1S/C8H18N2OS2/c1-12-5-3-7(9)8(11)10-4-6-13-2/h7H,3-6,9H2,1-2H3,(H,10,11)/t7-/m1/s1. The third kappa shape index (κ3) is 7.22. The van der Waals surface area contributed by atoms with Gasteiger partial charge >= 0.3 is 0 Å². The van der Waals surface area contributed by atoms with Gasteiger partial charge in [0.05, 0.1) is 6.04 Å². The van der Waals surface area contributed by atoms with E-state index >= 15 is 0 Å². The van der Waals surface area contributed by atoms with E-state index < -0.39 is 0 Å². The van der Waals surface area contributed by atoms with Gasteiger partial charge in [-0.05, 0) is 24.7 Å². The third-order valence-electron chi connectivity index (χ3n) is 1.58. The Morgan fingerprint density at radius 2 is 2.00 bits per heavy atom. The van der Waals surface area contributed by atoms with Crippen LogP contribution < -0.4 is 11.1 Å². The number of carbonyl (C=O) groups excluding carboxylic acids is 1. The Hall–Kier alpha value is 0.130.